The number of halogens is 3. The lowest BCUT2D eigenvalue weighted by Gasteiger charge is -2.19. The smallest absolute Gasteiger partial charge is 0.416 e. The van der Waals surface area contributed by atoms with Gasteiger partial charge in [0.25, 0.3) is 5.91 Å². The Morgan fingerprint density at radius 3 is 2.48 bits per heavy atom. The number of pyridine rings is 1. The number of nitrogens with one attached hydrogen (secondary N) is 1. The van der Waals surface area contributed by atoms with Gasteiger partial charge in [0.05, 0.1) is 18.8 Å². The number of methoxy groups -OCH3 is 1. The second-order valence-corrected chi connectivity index (χ2v) is 7.32. The number of alkyl halides is 3. The van der Waals surface area contributed by atoms with Crippen molar-refractivity contribution in [2.24, 2.45) is 5.92 Å². The van der Waals surface area contributed by atoms with E-state index < -0.39 is 42.0 Å². The van der Waals surface area contributed by atoms with Crippen LogP contribution in [-0.4, -0.2) is 41.7 Å². The number of benzene rings is 1. The van der Waals surface area contributed by atoms with Crippen molar-refractivity contribution in [2.45, 2.75) is 32.0 Å². The van der Waals surface area contributed by atoms with Crippen LogP contribution in [0.1, 0.15) is 35.0 Å². The highest BCUT2D eigenvalue weighted by Crippen LogP contribution is 2.30. The SMILES string of the molecule is C=CC(Cc1ccc(C(F)(F)F)cc1)CC(C)OC(=O)CNC(=O)c1nccc(OC)c1O. The molecular weight excluding hydrogens is 441 g/mol. The van der Waals surface area contributed by atoms with E-state index in [-0.39, 0.29) is 17.4 Å². The summed E-state index contributed by atoms with van der Waals surface area (Å²) in [5.41, 5.74) is -0.314. The Bertz CT molecular complexity index is 977. The zero-order valence-corrected chi connectivity index (χ0v) is 18.2. The van der Waals surface area contributed by atoms with Crippen molar-refractivity contribution in [1.82, 2.24) is 10.3 Å². The predicted molar refractivity (Wildman–Crippen MR) is 114 cm³/mol. The molecule has 0 bridgehead atoms. The van der Waals surface area contributed by atoms with Crippen molar-refractivity contribution in [2.75, 3.05) is 13.7 Å². The van der Waals surface area contributed by atoms with E-state index in [2.05, 4.69) is 16.9 Å². The van der Waals surface area contributed by atoms with E-state index in [4.69, 9.17) is 9.47 Å². The summed E-state index contributed by atoms with van der Waals surface area (Å²) in [4.78, 5) is 28.0. The summed E-state index contributed by atoms with van der Waals surface area (Å²) in [6, 6.07) is 6.25. The number of ether oxygens (including phenoxy) is 2. The van der Waals surface area contributed by atoms with Gasteiger partial charge in [-0.3, -0.25) is 9.59 Å². The molecule has 0 aliphatic rings. The van der Waals surface area contributed by atoms with Gasteiger partial charge in [-0.05, 0) is 43.4 Å². The van der Waals surface area contributed by atoms with E-state index in [1.54, 1.807) is 13.0 Å². The largest absolute Gasteiger partial charge is 0.503 e. The van der Waals surface area contributed by atoms with Crippen LogP contribution in [0.5, 0.6) is 11.5 Å². The molecule has 0 spiro atoms. The minimum absolute atomic E-state index is 0.0647. The van der Waals surface area contributed by atoms with E-state index in [0.29, 0.717) is 18.4 Å². The molecule has 1 amide bonds. The van der Waals surface area contributed by atoms with Crippen molar-refractivity contribution in [3.63, 3.8) is 0 Å². The number of hydrogen-bond donors (Lipinski definition) is 2. The number of hydrogen-bond acceptors (Lipinski definition) is 6. The Labute approximate surface area is 189 Å². The highest BCUT2D eigenvalue weighted by molar-refractivity contribution is 5.97. The summed E-state index contributed by atoms with van der Waals surface area (Å²) in [7, 11) is 1.32. The van der Waals surface area contributed by atoms with Crippen molar-refractivity contribution in [3.8, 4) is 11.5 Å². The van der Waals surface area contributed by atoms with Crippen molar-refractivity contribution < 1.29 is 37.3 Å². The predicted octanol–water partition coefficient (Wildman–Crippen LogP) is 3.91. The third-order valence-electron chi connectivity index (χ3n) is 4.80. The molecule has 2 rings (SSSR count). The first-order valence-corrected chi connectivity index (χ1v) is 10.0. The molecule has 0 aliphatic carbocycles. The Morgan fingerprint density at radius 1 is 1.24 bits per heavy atom. The summed E-state index contributed by atoms with van der Waals surface area (Å²) in [5.74, 6) is -2.00. The molecule has 2 unspecified atom stereocenters. The van der Waals surface area contributed by atoms with Crippen LogP contribution in [0.25, 0.3) is 0 Å². The molecule has 33 heavy (non-hydrogen) atoms. The van der Waals surface area contributed by atoms with Gasteiger partial charge in [-0.1, -0.05) is 18.2 Å². The standard InChI is InChI=1S/C23H25F3N2O5/c1-4-15(12-16-5-7-17(8-6-16)23(24,25)26)11-14(2)33-19(29)13-28-22(31)20-21(30)18(32-3)9-10-27-20/h4-10,14-15,30H,1,11-13H2,2-3H3,(H,28,31). The van der Waals surface area contributed by atoms with Gasteiger partial charge in [0.1, 0.15) is 6.54 Å². The molecule has 0 saturated heterocycles. The second-order valence-electron chi connectivity index (χ2n) is 7.32. The first-order valence-electron chi connectivity index (χ1n) is 10.0. The van der Waals surface area contributed by atoms with Gasteiger partial charge in [-0.25, -0.2) is 4.98 Å². The van der Waals surface area contributed by atoms with Crippen LogP contribution in [-0.2, 0) is 22.1 Å². The van der Waals surface area contributed by atoms with Crippen molar-refractivity contribution >= 4 is 11.9 Å². The van der Waals surface area contributed by atoms with Gasteiger partial charge in [0, 0.05) is 12.3 Å². The molecular formula is C23H25F3N2O5. The second kappa shape index (κ2) is 11.3. The fourth-order valence-corrected chi connectivity index (χ4v) is 3.14. The number of carbonyl (C=O) groups is 2. The van der Waals surface area contributed by atoms with Gasteiger partial charge in [0.2, 0.25) is 0 Å². The van der Waals surface area contributed by atoms with Gasteiger partial charge in [-0.15, -0.1) is 6.58 Å². The summed E-state index contributed by atoms with van der Waals surface area (Å²) in [6.07, 6.45) is -1.17. The highest BCUT2D eigenvalue weighted by Gasteiger charge is 2.30. The van der Waals surface area contributed by atoms with E-state index in [9.17, 15) is 27.9 Å². The molecule has 10 heteroatoms. The monoisotopic (exact) mass is 466 g/mol. The number of carbonyl (C=O) groups excluding carboxylic acids is 2. The molecule has 0 fully saturated rings. The third-order valence-corrected chi connectivity index (χ3v) is 4.80. The van der Waals surface area contributed by atoms with Gasteiger partial charge >= 0.3 is 12.1 Å². The zero-order valence-electron chi connectivity index (χ0n) is 18.2. The number of aromatic hydroxyl groups is 1. The molecule has 1 heterocycles. The van der Waals surface area contributed by atoms with Crippen molar-refractivity contribution in [3.05, 3.63) is 66.0 Å². The minimum Gasteiger partial charge on any atom is -0.503 e. The number of amides is 1. The van der Waals surface area contributed by atoms with Gasteiger partial charge in [-0.2, -0.15) is 13.2 Å². The molecule has 0 aliphatic heterocycles. The van der Waals surface area contributed by atoms with E-state index in [1.807, 2.05) is 0 Å². The number of nitrogens with zero attached hydrogens (tertiary/aromatic N) is 1. The van der Waals surface area contributed by atoms with Crippen LogP contribution < -0.4 is 10.1 Å². The maximum atomic E-state index is 12.7. The van der Waals surface area contributed by atoms with Gasteiger partial charge < -0.3 is 19.9 Å². The third kappa shape index (κ3) is 7.51. The van der Waals surface area contributed by atoms with E-state index in [0.717, 1.165) is 12.1 Å². The summed E-state index contributed by atoms with van der Waals surface area (Å²) < 4.78 is 48.3. The average Bonchev–Trinajstić information content (AvgIpc) is 2.76. The van der Waals surface area contributed by atoms with Crippen LogP contribution in [0.3, 0.4) is 0 Å². The Morgan fingerprint density at radius 2 is 1.91 bits per heavy atom. The van der Waals surface area contributed by atoms with Crippen LogP contribution in [0, 0.1) is 5.92 Å². The van der Waals surface area contributed by atoms with E-state index in [1.165, 1.54) is 31.5 Å². The maximum Gasteiger partial charge on any atom is 0.416 e. The number of rotatable bonds is 10. The zero-order chi connectivity index (χ0) is 24.6. The molecule has 0 radical (unpaired) electrons. The molecule has 1 aromatic carbocycles. The number of allylic oxidation sites excluding steroid dienone is 1. The molecule has 2 atom stereocenters. The van der Waals surface area contributed by atoms with Crippen LogP contribution in [0.2, 0.25) is 0 Å². The molecule has 2 N–H and O–H groups in total. The average molecular weight is 466 g/mol. The Hall–Kier alpha value is -3.56. The molecule has 7 nitrogen and oxygen atoms in total. The lowest BCUT2D eigenvalue weighted by Crippen LogP contribution is -2.33. The maximum absolute atomic E-state index is 12.7. The first-order chi connectivity index (χ1) is 15.5. The molecule has 178 valence electrons. The normalized spacial score (nSPS) is 13.0. The summed E-state index contributed by atoms with van der Waals surface area (Å²) in [5, 5.41) is 12.3. The Balaban J connectivity index is 1.84. The highest BCUT2D eigenvalue weighted by atomic mass is 19.4. The molecule has 0 saturated carbocycles. The lowest BCUT2D eigenvalue weighted by atomic mass is 9.93. The topological polar surface area (TPSA) is 97.8 Å². The quantitative estimate of drug-likeness (QED) is 0.407. The minimum atomic E-state index is -4.39. The van der Waals surface area contributed by atoms with Crippen LogP contribution >= 0.6 is 0 Å². The fourth-order valence-electron chi connectivity index (χ4n) is 3.14. The number of esters is 1. The molecule has 2 aromatic rings. The van der Waals surface area contributed by atoms with Crippen LogP contribution in [0.4, 0.5) is 13.2 Å². The fraction of sp³-hybridized carbons (Fsp3) is 0.348. The Kier molecular flexibility index (Phi) is 8.84. The van der Waals surface area contributed by atoms with Crippen molar-refractivity contribution in [1.29, 1.82) is 0 Å². The number of aromatic nitrogens is 1. The lowest BCUT2D eigenvalue weighted by molar-refractivity contribution is -0.147. The first kappa shape index (κ1) is 25.7. The molecule has 1 aromatic heterocycles. The van der Waals surface area contributed by atoms with E-state index >= 15 is 0 Å². The summed E-state index contributed by atoms with van der Waals surface area (Å²) >= 11 is 0. The summed E-state index contributed by atoms with van der Waals surface area (Å²) in [6.45, 7) is 4.96. The van der Waals surface area contributed by atoms with Gasteiger partial charge in [0.15, 0.2) is 17.2 Å². The van der Waals surface area contributed by atoms with Crippen LogP contribution in [0.15, 0.2) is 49.2 Å².